The van der Waals surface area contributed by atoms with Crippen LogP contribution in [0.4, 0.5) is 4.79 Å². The number of rotatable bonds is 6. The average Bonchev–Trinajstić information content (AvgIpc) is 2.33. The molecule has 2 amide bonds. The van der Waals surface area contributed by atoms with Gasteiger partial charge in [0.2, 0.25) is 0 Å². The van der Waals surface area contributed by atoms with Crippen molar-refractivity contribution in [2.24, 2.45) is 10.4 Å². The van der Waals surface area contributed by atoms with Gasteiger partial charge in [-0.1, -0.05) is 13.8 Å². The Balaban J connectivity index is 3.88. The van der Waals surface area contributed by atoms with Crippen LogP contribution in [0.25, 0.3) is 0 Å². The summed E-state index contributed by atoms with van der Waals surface area (Å²) in [6.07, 6.45) is 1.46. The van der Waals surface area contributed by atoms with E-state index in [1.807, 2.05) is 27.7 Å². The average molecular weight is 256 g/mol. The zero-order chi connectivity index (χ0) is 14.2. The first-order chi connectivity index (χ1) is 8.33. The van der Waals surface area contributed by atoms with Crippen molar-refractivity contribution in [1.82, 2.24) is 5.32 Å². The van der Waals surface area contributed by atoms with Crippen LogP contribution in [0.15, 0.2) is 4.99 Å². The minimum Gasteiger partial charge on any atom is -0.463 e. The lowest BCUT2D eigenvalue weighted by Crippen LogP contribution is -2.30. The van der Waals surface area contributed by atoms with Crippen molar-refractivity contribution in [1.29, 1.82) is 0 Å². The first-order valence-electron chi connectivity index (χ1n) is 6.32. The van der Waals surface area contributed by atoms with Gasteiger partial charge in [0.25, 0.3) is 0 Å². The maximum Gasteiger partial charge on any atom is 0.340 e. The predicted molar refractivity (Wildman–Crippen MR) is 71.8 cm³/mol. The van der Waals surface area contributed by atoms with Crippen molar-refractivity contribution in [2.75, 3.05) is 13.2 Å². The molecule has 0 aromatic carbocycles. The van der Waals surface area contributed by atoms with Crippen molar-refractivity contribution < 1.29 is 14.3 Å². The Labute approximate surface area is 109 Å². The summed E-state index contributed by atoms with van der Waals surface area (Å²) in [5.41, 5.74) is 0.303. The summed E-state index contributed by atoms with van der Waals surface area (Å²) in [7, 11) is 0. The van der Waals surface area contributed by atoms with E-state index in [9.17, 15) is 9.59 Å². The highest BCUT2D eigenvalue weighted by atomic mass is 16.5. The number of aliphatic imine (C=N–C) groups is 1. The summed E-state index contributed by atoms with van der Waals surface area (Å²) in [4.78, 5) is 26.7. The largest absolute Gasteiger partial charge is 0.463 e. The second-order valence-corrected chi connectivity index (χ2v) is 4.81. The Morgan fingerprint density at radius 3 is 2.39 bits per heavy atom. The lowest BCUT2D eigenvalue weighted by Gasteiger charge is -2.20. The van der Waals surface area contributed by atoms with E-state index in [0.717, 1.165) is 18.6 Å². The fourth-order valence-corrected chi connectivity index (χ4v) is 0.933. The Bertz CT molecular complexity index is 322. The maximum atomic E-state index is 11.6. The first-order valence-corrected chi connectivity index (χ1v) is 6.32. The number of nitrogens with one attached hydrogen (secondary N) is 1. The summed E-state index contributed by atoms with van der Waals surface area (Å²) in [5, 5.41) is 2.57. The van der Waals surface area contributed by atoms with E-state index < -0.39 is 5.41 Å². The predicted octanol–water partition coefficient (Wildman–Crippen LogP) is 2.55. The Morgan fingerprint density at radius 2 is 1.89 bits per heavy atom. The van der Waals surface area contributed by atoms with Crippen molar-refractivity contribution >= 4 is 17.7 Å². The summed E-state index contributed by atoms with van der Waals surface area (Å²) >= 11 is 0. The number of esters is 1. The van der Waals surface area contributed by atoms with Gasteiger partial charge in [-0.2, -0.15) is 0 Å². The molecule has 0 saturated carbocycles. The number of hydrogen-bond acceptors (Lipinski definition) is 3. The molecule has 0 aromatic heterocycles. The molecule has 0 aromatic rings. The molecule has 0 fully saturated rings. The van der Waals surface area contributed by atoms with E-state index in [-0.39, 0.29) is 25.2 Å². The van der Waals surface area contributed by atoms with E-state index in [0.29, 0.717) is 0 Å². The number of urea groups is 1. The van der Waals surface area contributed by atoms with Crippen LogP contribution in [0.2, 0.25) is 0 Å². The number of amides is 2. The van der Waals surface area contributed by atoms with Crippen LogP contribution in [-0.4, -0.2) is 30.9 Å². The molecule has 104 valence electrons. The third-order valence-corrected chi connectivity index (χ3v) is 2.85. The van der Waals surface area contributed by atoms with Crippen LogP contribution in [-0.2, 0) is 9.53 Å². The molecule has 1 N–H and O–H groups in total. The SMILES string of the molecule is CC/C(C)=N\C(=O)NCCOC(=O)C(C)(C)CC. The minimum absolute atomic E-state index is 0.175. The van der Waals surface area contributed by atoms with Gasteiger partial charge in [0.05, 0.1) is 12.0 Å². The number of hydrogen-bond donors (Lipinski definition) is 1. The number of ether oxygens (including phenoxy) is 1. The zero-order valence-electron chi connectivity index (χ0n) is 12.0. The Hall–Kier alpha value is -1.39. The second-order valence-electron chi connectivity index (χ2n) is 4.81. The quantitative estimate of drug-likeness (QED) is 0.451. The molecular formula is C13H24N2O3. The second kappa shape index (κ2) is 7.84. The van der Waals surface area contributed by atoms with Gasteiger partial charge in [0, 0.05) is 5.71 Å². The van der Waals surface area contributed by atoms with Gasteiger partial charge in [-0.3, -0.25) is 4.79 Å². The molecule has 0 atom stereocenters. The lowest BCUT2D eigenvalue weighted by atomic mass is 9.91. The maximum absolute atomic E-state index is 11.6. The third-order valence-electron chi connectivity index (χ3n) is 2.85. The third kappa shape index (κ3) is 6.37. The number of carbonyl (C=O) groups is 2. The van der Waals surface area contributed by atoms with Gasteiger partial charge in [0.1, 0.15) is 6.61 Å². The van der Waals surface area contributed by atoms with Crippen molar-refractivity contribution in [3.8, 4) is 0 Å². The van der Waals surface area contributed by atoms with Gasteiger partial charge >= 0.3 is 12.0 Å². The van der Waals surface area contributed by atoms with Crippen LogP contribution in [0.5, 0.6) is 0 Å². The van der Waals surface area contributed by atoms with E-state index >= 15 is 0 Å². The number of nitrogens with zero attached hydrogens (tertiary/aromatic N) is 1. The van der Waals surface area contributed by atoms with Crippen LogP contribution in [0, 0.1) is 5.41 Å². The van der Waals surface area contributed by atoms with Gasteiger partial charge in [-0.15, -0.1) is 0 Å². The number of carbonyl (C=O) groups excluding carboxylic acids is 2. The van der Waals surface area contributed by atoms with Crippen LogP contribution >= 0.6 is 0 Å². The molecule has 5 heteroatoms. The molecule has 0 aliphatic rings. The summed E-state index contributed by atoms with van der Waals surface area (Å²) in [6, 6.07) is -0.389. The van der Waals surface area contributed by atoms with Crippen LogP contribution in [0.3, 0.4) is 0 Å². The molecule has 0 rings (SSSR count). The van der Waals surface area contributed by atoms with E-state index in [2.05, 4.69) is 10.3 Å². The molecule has 0 radical (unpaired) electrons. The summed E-state index contributed by atoms with van der Waals surface area (Å²) in [6.45, 7) is 9.79. The standard InChI is InChI=1S/C13H24N2O3/c1-6-10(3)15-12(17)14-8-9-18-11(16)13(4,5)7-2/h6-9H2,1-5H3,(H,14,17)/b15-10-. The molecule has 0 saturated heterocycles. The molecular weight excluding hydrogens is 232 g/mol. The summed E-state index contributed by atoms with van der Waals surface area (Å²) in [5.74, 6) is -0.243. The summed E-state index contributed by atoms with van der Waals surface area (Å²) < 4.78 is 5.08. The highest BCUT2D eigenvalue weighted by Gasteiger charge is 2.26. The van der Waals surface area contributed by atoms with Crippen molar-refractivity contribution in [3.63, 3.8) is 0 Å². The van der Waals surface area contributed by atoms with Gasteiger partial charge in [0.15, 0.2) is 0 Å². The van der Waals surface area contributed by atoms with E-state index in [4.69, 9.17) is 4.74 Å². The van der Waals surface area contributed by atoms with Crippen molar-refractivity contribution in [3.05, 3.63) is 0 Å². The molecule has 0 spiro atoms. The molecule has 0 bridgehead atoms. The molecule has 0 heterocycles. The molecule has 0 aliphatic heterocycles. The lowest BCUT2D eigenvalue weighted by molar-refractivity contribution is -0.153. The van der Waals surface area contributed by atoms with Gasteiger partial charge < -0.3 is 10.1 Å². The minimum atomic E-state index is -0.471. The fraction of sp³-hybridized carbons (Fsp3) is 0.769. The highest BCUT2D eigenvalue weighted by Crippen LogP contribution is 2.21. The fourth-order valence-electron chi connectivity index (χ4n) is 0.933. The van der Waals surface area contributed by atoms with E-state index in [1.165, 1.54) is 0 Å². The first kappa shape index (κ1) is 16.6. The smallest absolute Gasteiger partial charge is 0.340 e. The van der Waals surface area contributed by atoms with Gasteiger partial charge in [-0.05, 0) is 33.6 Å². The molecule has 0 aliphatic carbocycles. The zero-order valence-corrected chi connectivity index (χ0v) is 12.0. The van der Waals surface area contributed by atoms with Crippen LogP contribution < -0.4 is 5.32 Å². The topological polar surface area (TPSA) is 67.8 Å². The Kier molecular flexibility index (Phi) is 7.24. The van der Waals surface area contributed by atoms with Gasteiger partial charge in [-0.25, -0.2) is 9.79 Å². The normalized spacial score (nSPS) is 12.2. The highest BCUT2D eigenvalue weighted by molar-refractivity contribution is 5.93. The molecule has 0 unspecified atom stereocenters. The molecule has 18 heavy (non-hydrogen) atoms. The molecule has 5 nitrogen and oxygen atoms in total. The van der Waals surface area contributed by atoms with Crippen LogP contribution in [0.1, 0.15) is 47.5 Å². The Morgan fingerprint density at radius 1 is 1.28 bits per heavy atom. The van der Waals surface area contributed by atoms with E-state index in [1.54, 1.807) is 6.92 Å². The monoisotopic (exact) mass is 256 g/mol. The van der Waals surface area contributed by atoms with Crippen molar-refractivity contribution in [2.45, 2.75) is 47.5 Å².